The number of ether oxygens (including phenoxy) is 2. The van der Waals surface area contributed by atoms with Crippen molar-refractivity contribution in [1.82, 2.24) is 10.6 Å². The van der Waals surface area contributed by atoms with E-state index in [9.17, 15) is 19.2 Å². The second-order valence-electron chi connectivity index (χ2n) is 9.25. The second-order valence-corrected chi connectivity index (χ2v) is 9.25. The molecule has 3 unspecified atom stereocenters. The Morgan fingerprint density at radius 2 is 1.89 bits per heavy atom. The normalized spacial score (nSPS) is 22.6. The van der Waals surface area contributed by atoms with E-state index in [-0.39, 0.29) is 36.4 Å². The van der Waals surface area contributed by atoms with E-state index in [0.717, 1.165) is 29.9 Å². The maximum absolute atomic E-state index is 11.5. The van der Waals surface area contributed by atoms with E-state index in [1.54, 1.807) is 7.11 Å². The predicted molar refractivity (Wildman–Crippen MR) is 127 cm³/mol. The van der Waals surface area contributed by atoms with Crippen LogP contribution in [0.2, 0.25) is 0 Å². The summed E-state index contributed by atoms with van der Waals surface area (Å²) in [6.45, 7) is 0.716. The molecule has 10 heteroatoms. The summed E-state index contributed by atoms with van der Waals surface area (Å²) in [6.07, 6.45) is 6.67. The highest BCUT2D eigenvalue weighted by Gasteiger charge is 2.28. The Kier molecular flexibility index (Phi) is 9.47. The number of carboxylic acid groups (broad SMARTS) is 1. The molecule has 10 nitrogen and oxygen atoms in total. The first-order chi connectivity index (χ1) is 16.8. The van der Waals surface area contributed by atoms with Crippen LogP contribution in [-0.2, 0) is 19.2 Å². The largest absolute Gasteiger partial charge is 0.493 e. The van der Waals surface area contributed by atoms with E-state index in [1.165, 1.54) is 12.8 Å². The molecular weight excluding hydrogens is 454 g/mol. The molecule has 2 aliphatic heterocycles. The zero-order chi connectivity index (χ0) is 25.4. The summed E-state index contributed by atoms with van der Waals surface area (Å²) in [6, 6.07) is 4.57. The van der Waals surface area contributed by atoms with Crippen molar-refractivity contribution < 1.29 is 33.8 Å². The molecule has 0 bridgehead atoms. The van der Waals surface area contributed by atoms with Gasteiger partial charge in [0, 0.05) is 31.7 Å². The molecule has 3 aliphatic rings. The smallest absolute Gasteiger partial charge is 0.320 e. The van der Waals surface area contributed by atoms with Crippen LogP contribution in [0.15, 0.2) is 18.2 Å². The number of nitrogens with one attached hydrogen (secondary N) is 2. The highest BCUT2D eigenvalue weighted by Crippen LogP contribution is 2.35. The van der Waals surface area contributed by atoms with Gasteiger partial charge in [-0.25, -0.2) is 0 Å². The van der Waals surface area contributed by atoms with Gasteiger partial charge in [-0.15, -0.1) is 0 Å². The lowest BCUT2D eigenvalue weighted by Crippen LogP contribution is -2.35. The molecule has 2 heterocycles. The van der Waals surface area contributed by atoms with Gasteiger partial charge in [-0.3, -0.25) is 19.2 Å². The van der Waals surface area contributed by atoms with Crippen molar-refractivity contribution in [1.29, 1.82) is 0 Å². The summed E-state index contributed by atoms with van der Waals surface area (Å²) < 4.78 is 11.5. The highest BCUT2D eigenvalue weighted by atomic mass is 16.5. The highest BCUT2D eigenvalue weighted by molar-refractivity contribution is 5.92. The number of carboxylic acids is 1. The third-order valence-corrected chi connectivity index (χ3v) is 6.64. The Labute approximate surface area is 204 Å². The molecule has 1 aromatic rings. The summed E-state index contributed by atoms with van der Waals surface area (Å²) >= 11 is 0. The summed E-state index contributed by atoms with van der Waals surface area (Å²) in [7, 11) is 1.66. The number of carbonyl (C=O) groups excluding carboxylic acids is 3. The van der Waals surface area contributed by atoms with E-state index >= 15 is 0 Å². The third-order valence-electron chi connectivity index (χ3n) is 6.64. The SMILES string of the molecule is COc1ccc(C2CNC(=O)C2)cc1OC1CCCC1.NC(CCC(=O)C1CCC(=O)N1)C(=O)O. The third kappa shape index (κ3) is 7.68. The number of benzene rings is 1. The Balaban J connectivity index is 0.000000205. The summed E-state index contributed by atoms with van der Waals surface area (Å²) in [5, 5.41) is 13.9. The van der Waals surface area contributed by atoms with Crippen LogP contribution in [0, 0.1) is 0 Å². The number of rotatable bonds is 9. The lowest BCUT2D eigenvalue weighted by Gasteiger charge is -2.18. The Morgan fingerprint density at radius 3 is 2.46 bits per heavy atom. The van der Waals surface area contributed by atoms with Crippen LogP contribution in [0.1, 0.15) is 69.3 Å². The van der Waals surface area contributed by atoms with Crippen molar-refractivity contribution in [2.75, 3.05) is 13.7 Å². The molecule has 3 atom stereocenters. The molecule has 0 radical (unpaired) electrons. The molecule has 3 fully saturated rings. The van der Waals surface area contributed by atoms with Gasteiger partial charge in [-0.05, 0) is 56.2 Å². The van der Waals surface area contributed by atoms with Gasteiger partial charge in [-0.2, -0.15) is 0 Å². The van der Waals surface area contributed by atoms with Gasteiger partial charge in [0.15, 0.2) is 17.3 Å². The van der Waals surface area contributed by atoms with Crippen molar-refractivity contribution in [3.05, 3.63) is 23.8 Å². The minimum absolute atomic E-state index is 0.0956. The van der Waals surface area contributed by atoms with Crippen LogP contribution in [0.25, 0.3) is 0 Å². The van der Waals surface area contributed by atoms with Gasteiger partial charge in [0.25, 0.3) is 0 Å². The second kappa shape index (κ2) is 12.5. The molecule has 2 amide bonds. The molecule has 1 saturated carbocycles. The first-order valence-electron chi connectivity index (χ1n) is 12.2. The fourth-order valence-electron chi connectivity index (χ4n) is 4.52. The van der Waals surface area contributed by atoms with E-state index in [1.807, 2.05) is 18.2 Å². The molecule has 1 aliphatic carbocycles. The minimum atomic E-state index is -1.11. The maximum atomic E-state index is 11.5. The van der Waals surface area contributed by atoms with E-state index in [2.05, 4.69) is 10.6 Å². The quantitative estimate of drug-likeness (QED) is 0.408. The molecule has 0 aromatic heterocycles. The molecule has 0 spiro atoms. The average molecular weight is 490 g/mol. The van der Waals surface area contributed by atoms with Crippen molar-refractivity contribution in [2.45, 2.75) is 81.9 Å². The first-order valence-corrected chi connectivity index (χ1v) is 12.2. The lowest BCUT2D eigenvalue weighted by molar-refractivity contribution is -0.138. The summed E-state index contributed by atoms with van der Waals surface area (Å²) in [4.78, 5) is 44.0. The number of ketones is 1. The molecule has 1 aromatic carbocycles. The molecular formula is C25H35N3O7. The number of amides is 2. The fraction of sp³-hybridized carbons (Fsp3) is 0.600. The maximum Gasteiger partial charge on any atom is 0.320 e. The Morgan fingerprint density at radius 1 is 1.14 bits per heavy atom. The Hall–Kier alpha value is -3.14. The van der Waals surface area contributed by atoms with E-state index in [4.69, 9.17) is 20.3 Å². The van der Waals surface area contributed by atoms with Crippen LogP contribution in [-0.4, -0.2) is 60.5 Å². The number of hydrogen-bond donors (Lipinski definition) is 4. The van der Waals surface area contributed by atoms with Crippen LogP contribution in [0.3, 0.4) is 0 Å². The molecule has 5 N–H and O–H groups in total. The summed E-state index contributed by atoms with van der Waals surface area (Å²) in [5.41, 5.74) is 6.40. The number of aliphatic carboxylic acids is 1. The van der Waals surface area contributed by atoms with Crippen molar-refractivity contribution in [3.8, 4) is 11.5 Å². The number of nitrogens with two attached hydrogens (primary N) is 1. The fourth-order valence-corrected chi connectivity index (χ4v) is 4.52. The molecule has 192 valence electrons. The van der Waals surface area contributed by atoms with E-state index < -0.39 is 18.1 Å². The first kappa shape index (κ1) is 26.5. The van der Waals surface area contributed by atoms with Crippen LogP contribution < -0.4 is 25.8 Å². The number of hydrogen-bond acceptors (Lipinski definition) is 7. The monoisotopic (exact) mass is 489 g/mol. The molecule has 35 heavy (non-hydrogen) atoms. The molecule has 4 rings (SSSR count). The zero-order valence-corrected chi connectivity index (χ0v) is 20.1. The van der Waals surface area contributed by atoms with Crippen LogP contribution >= 0.6 is 0 Å². The van der Waals surface area contributed by atoms with Gasteiger partial charge in [0.2, 0.25) is 11.8 Å². The standard InChI is InChI=1S/C16H21NO3.C9H14N2O4/c1-19-14-7-6-11(12-9-16(18)17-10-12)8-15(14)20-13-4-2-3-5-13;10-5(9(14)15)1-3-7(12)6-2-4-8(13)11-6/h6-8,12-13H,2-5,9-10H2,1H3,(H,17,18);5-6H,1-4,10H2,(H,11,13)(H,14,15). The zero-order valence-electron chi connectivity index (χ0n) is 20.1. The van der Waals surface area contributed by atoms with Gasteiger partial charge >= 0.3 is 5.97 Å². The van der Waals surface area contributed by atoms with Crippen molar-refractivity contribution in [3.63, 3.8) is 0 Å². The number of Topliss-reactive ketones (excluding diaryl/α,β-unsaturated/α-hetero) is 1. The van der Waals surface area contributed by atoms with E-state index in [0.29, 0.717) is 31.9 Å². The van der Waals surface area contributed by atoms with Gasteiger partial charge in [0.1, 0.15) is 6.04 Å². The van der Waals surface area contributed by atoms with Gasteiger partial charge in [-0.1, -0.05) is 6.07 Å². The average Bonchev–Trinajstić information content (AvgIpc) is 3.60. The number of carbonyl (C=O) groups is 4. The van der Waals surface area contributed by atoms with Gasteiger partial charge in [0.05, 0.1) is 19.3 Å². The van der Waals surface area contributed by atoms with Crippen molar-refractivity contribution in [2.24, 2.45) is 5.73 Å². The Bertz CT molecular complexity index is 930. The van der Waals surface area contributed by atoms with Crippen LogP contribution in [0.4, 0.5) is 0 Å². The predicted octanol–water partition coefficient (Wildman–Crippen LogP) is 1.65. The minimum Gasteiger partial charge on any atom is -0.493 e. The number of methoxy groups -OCH3 is 1. The topological polar surface area (TPSA) is 157 Å². The molecule has 2 saturated heterocycles. The van der Waals surface area contributed by atoms with Gasteiger partial charge < -0.3 is 30.9 Å². The van der Waals surface area contributed by atoms with Crippen molar-refractivity contribution >= 4 is 23.6 Å². The summed E-state index contributed by atoms with van der Waals surface area (Å²) in [5.74, 6) is 0.587. The lowest BCUT2D eigenvalue weighted by atomic mass is 9.98. The van der Waals surface area contributed by atoms with Crippen LogP contribution in [0.5, 0.6) is 11.5 Å².